The highest BCUT2D eigenvalue weighted by atomic mass is 14.9. The molecule has 0 aromatic heterocycles. The van der Waals surface area contributed by atoms with Crippen LogP contribution in [-0.2, 0) is 0 Å². The van der Waals surface area contributed by atoms with Crippen molar-refractivity contribution in [2.75, 3.05) is 6.54 Å². The monoisotopic (exact) mass is 281 g/mol. The molecule has 0 heterocycles. The van der Waals surface area contributed by atoms with Crippen LogP contribution in [0.3, 0.4) is 0 Å². The fourth-order valence-electron chi connectivity index (χ4n) is 3.75. The Hall–Kier alpha value is -1.34. The van der Waals surface area contributed by atoms with E-state index in [2.05, 4.69) is 54.7 Å². The summed E-state index contributed by atoms with van der Waals surface area (Å²) in [4.78, 5) is 0. The Morgan fingerprint density at radius 3 is 2.67 bits per heavy atom. The molecular weight excluding hydrogens is 254 g/mol. The third-order valence-electron chi connectivity index (χ3n) is 5.00. The highest BCUT2D eigenvalue weighted by molar-refractivity contribution is 5.86. The number of hydrogen-bond acceptors (Lipinski definition) is 1. The van der Waals surface area contributed by atoms with Gasteiger partial charge in [0, 0.05) is 6.04 Å². The second-order valence-electron chi connectivity index (χ2n) is 6.54. The first kappa shape index (κ1) is 14.6. The van der Waals surface area contributed by atoms with E-state index >= 15 is 0 Å². The van der Waals surface area contributed by atoms with Gasteiger partial charge in [-0.05, 0) is 48.6 Å². The molecule has 112 valence electrons. The van der Waals surface area contributed by atoms with Crippen LogP contribution < -0.4 is 5.32 Å². The van der Waals surface area contributed by atoms with Crippen molar-refractivity contribution in [3.05, 3.63) is 48.0 Å². The quantitative estimate of drug-likeness (QED) is 0.693. The zero-order valence-corrected chi connectivity index (χ0v) is 13.1. The van der Waals surface area contributed by atoms with Gasteiger partial charge in [-0.2, -0.15) is 0 Å². The van der Waals surface area contributed by atoms with Crippen molar-refractivity contribution in [3.63, 3.8) is 0 Å². The molecule has 1 nitrogen and oxygen atoms in total. The normalized spacial score (nSPS) is 17.4. The highest BCUT2D eigenvalue weighted by Gasteiger charge is 2.14. The third kappa shape index (κ3) is 3.65. The van der Waals surface area contributed by atoms with Crippen molar-refractivity contribution in [3.8, 4) is 0 Å². The summed E-state index contributed by atoms with van der Waals surface area (Å²) in [5.74, 6) is 1.01. The van der Waals surface area contributed by atoms with Crippen molar-refractivity contribution in [2.45, 2.75) is 51.5 Å². The van der Waals surface area contributed by atoms with Crippen LogP contribution in [0.4, 0.5) is 0 Å². The molecule has 0 bridgehead atoms. The van der Waals surface area contributed by atoms with Crippen LogP contribution in [0.1, 0.15) is 57.1 Å². The average Bonchev–Trinajstić information content (AvgIpc) is 3.04. The first-order chi connectivity index (χ1) is 10.3. The molecule has 1 fully saturated rings. The molecular formula is C20H27N. The van der Waals surface area contributed by atoms with Crippen molar-refractivity contribution < 1.29 is 0 Å². The number of rotatable bonds is 6. The van der Waals surface area contributed by atoms with E-state index < -0.39 is 0 Å². The van der Waals surface area contributed by atoms with E-state index in [1.807, 2.05) is 0 Å². The second-order valence-corrected chi connectivity index (χ2v) is 6.54. The van der Waals surface area contributed by atoms with Crippen molar-refractivity contribution in [1.29, 1.82) is 0 Å². The lowest BCUT2D eigenvalue weighted by Gasteiger charge is -2.17. The molecule has 1 heteroatoms. The summed E-state index contributed by atoms with van der Waals surface area (Å²) in [6.07, 6.45) is 8.60. The lowest BCUT2D eigenvalue weighted by atomic mass is 9.99. The SMILES string of the molecule is CC(NCCCC1CCCC1)c1cccc2ccccc12. The molecule has 1 saturated carbocycles. The molecule has 0 aliphatic heterocycles. The first-order valence-electron chi connectivity index (χ1n) is 8.55. The Bertz CT molecular complexity index is 564. The van der Waals surface area contributed by atoms with Crippen molar-refractivity contribution in [1.82, 2.24) is 5.32 Å². The second kappa shape index (κ2) is 7.09. The summed E-state index contributed by atoms with van der Waals surface area (Å²) < 4.78 is 0. The molecule has 0 amide bonds. The van der Waals surface area contributed by atoms with E-state index in [-0.39, 0.29) is 0 Å². The van der Waals surface area contributed by atoms with Gasteiger partial charge >= 0.3 is 0 Å². The molecule has 2 aromatic rings. The van der Waals surface area contributed by atoms with Gasteiger partial charge in [0.25, 0.3) is 0 Å². The maximum atomic E-state index is 3.72. The van der Waals surface area contributed by atoms with Crippen LogP contribution in [-0.4, -0.2) is 6.54 Å². The summed E-state index contributed by atoms with van der Waals surface area (Å²) in [7, 11) is 0. The largest absolute Gasteiger partial charge is 0.310 e. The van der Waals surface area contributed by atoms with Crippen LogP contribution in [0.5, 0.6) is 0 Å². The average molecular weight is 281 g/mol. The Balaban J connectivity index is 1.55. The molecule has 1 unspecified atom stereocenters. The van der Waals surface area contributed by atoms with Crippen molar-refractivity contribution >= 4 is 10.8 Å². The van der Waals surface area contributed by atoms with E-state index in [0.29, 0.717) is 6.04 Å². The summed E-state index contributed by atoms with van der Waals surface area (Å²) in [5.41, 5.74) is 1.42. The predicted octanol–water partition coefficient (Wildman–Crippen LogP) is 5.46. The first-order valence-corrected chi connectivity index (χ1v) is 8.55. The molecule has 1 aliphatic rings. The zero-order chi connectivity index (χ0) is 14.5. The van der Waals surface area contributed by atoms with Gasteiger partial charge in [-0.25, -0.2) is 0 Å². The van der Waals surface area contributed by atoms with Crippen LogP contribution >= 0.6 is 0 Å². The minimum absolute atomic E-state index is 0.430. The maximum absolute atomic E-state index is 3.72. The summed E-state index contributed by atoms with van der Waals surface area (Å²) in [5, 5.41) is 6.44. The highest BCUT2D eigenvalue weighted by Crippen LogP contribution is 2.28. The zero-order valence-electron chi connectivity index (χ0n) is 13.1. The summed E-state index contributed by atoms with van der Waals surface area (Å²) in [6, 6.07) is 15.8. The Kier molecular flexibility index (Phi) is 4.92. The van der Waals surface area contributed by atoms with Crippen LogP contribution in [0, 0.1) is 5.92 Å². The number of benzene rings is 2. The maximum Gasteiger partial charge on any atom is 0.0297 e. The Morgan fingerprint density at radius 1 is 1.05 bits per heavy atom. The van der Waals surface area contributed by atoms with E-state index in [4.69, 9.17) is 0 Å². The number of hydrogen-bond donors (Lipinski definition) is 1. The molecule has 0 radical (unpaired) electrons. The standard InChI is InChI=1S/C20H27N/c1-16(21-15-7-10-17-8-2-3-9-17)19-14-6-12-18-11-4-5-13-20(18)19/h4-6,11-14,16-17,21H,2-3,7-10,15H2,1H3. The van der Waals surface area contributed by atoms with Gasteiger partial charge in [-0.1, -0.05) is 68.1 Å². The van der Waals surface area contributed by atoms with Gasteiger partial charge in [-0.3, -0.25) is 0 Å². The van der Waals surface area contributed by atoms with E-state index in [1.54, 1.807) is 0 Å². The van der Waals surface area contributed by atoms with Crippen LogP contribution in [0.15, 0.2) is 42.5 Å². The van der Waals surface area contributed by atoms with Gasteiger partial charge in [0.1, 0.15) is 0 Å². The smallest absolute Gasteiger partial charge is 0.0297 e. The Labute approximate surface area is 128 Å². The molecule has 2 aromatic carbocycles. The van der Waals surface area contributed by atoms with Gasteiger partial charge in [0.15, 0.2) is 0 Å². The molecule has 1 N–H and O–H groups in total. The van der Waals surface area contributed by atoms with E-state index in [1.165, 1.54) is 54.9 Å². The topological polar surface area (TPSA) is 12.0 Å². The molecule has 3 rings (SSSR count). The molecule has 21 heavy (non-hydrogen) atoms. The fourth-order valence-corrected chi connectivity index (χ4v) is 3.75. The van der Waals surface area contributed by atoms with Crippen LogP contribution in [0.25, 0.3) is 10.8 Å². The van der Waals surface area contributed by atoms with Gasteiger partial charge < -0.3 is 5.32 Å². The number of nitrogens with one attached hydrogen (secondary N) is 1. The molecule has 1 atom stereocenters. The van der Waals surface area contributed by atoms with Crippen LogP contribution in [0.2, 0.25) is 0 Å². The minimum atomic E-state index is 0.430. The Morgan fingerprint density at radius 2 is 1.81 bits per heavy atom. The molecule has 0 saturated heterocycles. The third-order valence-corrected chi connectivity index (χ3v) is 5.00. The summed E-state index contributed by atoms with van der Waals surface area (Å²) >= 11 is 0. The lowest BCUT2D eigenvalue weighted by Crippen LogP contribution is -2.20. The predicted molar refractivity (Wildman–Crippen MR) is 91.6 cm³/mol. The van der Waals surface area contributed by atoms with Gasteiger partial charge in [0.2, 0.25) is 0 Å². The molecule has 0 spiro atoms. The fraction of sp³-hybridized carbons (Fsp3) is 0.500. The molecule has 1 aliphatic carbocycles. The summed E-state index contributed by atoms with van der Waals surface area (Å²) in [6.45, 7) is 3.43. The van der Waals surface area contributed by atoms with Gasteiger partial charge in [-0.15, -0.1) is 0 Å². The minimum Gasteiger partial charge on any atom is -0.310 e. The van der Waals surface area contributed by atoms with E-state index in [0.717, 1.165) is 12.5 Å². The van der Waals surface area contributed by atoms with Crippen molar-refractivity contribution in [2.24, 2.45) is 5.92 Å². The van der Waals surface area contributed by atoms with Gasteiger partial charge in [0.05, 0.1) is 0 Å². The van der Waals surface area contributed by atoms with E-state index in [9.17, 15) is 0 Å². The lowest BCUT2D eigenvalue weighted by molar-refractivity contribution is 0.457. The number of fused-ring (bicyclic) bond motifs is 1.